The van der Waals surface area contributed by atoms with E-state index >= 15 is 0 Å². The molecule has 1 aliphatic rings. The molecule has 3 aromatic rings. The molecule has 0 fully saturated rings. The van der Waals surface area contributed by atoms with Crippen molar-refractivity contribution in [3.63, 3.8) is 0 Å². The first-order valence-electron chi connectivity index (χ1n) is 9.68. The van der Waals surface area contributed by atoms with Crippen LogP contribution < -0.4 is 5.32 Å². The minimum absolute atomic E-state index is 0.250. The summed E-state index contributed by atoms with van der Waals surface area (Å²) in [5.74, 6) is -0.209. The number of hydrogen-bond acceptors (Lipinski definition) is 6. The Balaban J connectivity index is 1.68. The van der Waals surface area contributed by atoms with Crippen molar-refractivity contribution in [3.05, 3.63) is 65.6 Å². The molecule has 0 saturated heterocycles. The summed E-state index contributed by atoms with van der Waals surface area (Å²) < 4.78 is 7.03. The second-order valence-corrected chi connectivity index (χ2v) is 8.53. The number of amides is 1. The predicted octanol–water partition coefficient (Wildman–Crippen LogP) is 3.07. The molecule has 30 heavy (non-hydrogen) atoms. The number of anilines is 1. The van der Waals surface area contributed by atoms with E-state index in [0.717, 1.165) is 11.3 Å². The molecule has 1 unspecified atom stereocenters. The van der Waals surface area contributed by atoms with Gasteiger partial charge >= 0.3 is 5.97 Å². The smallest absolute Gasteiger partial charge is 0.339 e. The molecule has 8 heteroatoms. The standard InChI is InChI=1S/C22H23N5O3/c1-21(2,3)16-12-17(27(26-16)20-23-10-7-11-24-20)25-19(29)22(4)13-14-8-5-6-9-15(14)18(28)30-22/h5-12H,13H2,1-4H3,(H,25,29). The van der Waals surface area contributed by atoms with E-state index in [1.54, 1.807) is 43.6 Å². The summed E-state index contributed by atoms with van der Waals surface area (Å²) >= 11 is 0. The number of hydrogen-bond donors (Lipinski definition) is 1. The molecule has 1 aromatic carbocycles. The topological polar surface area (TPSA) is 99.0 Å². The lowest BCUT2D eigenvalue weighted by Gasteiger charge is -2.32. The fraction of sp³-hybridized carbons (Fsp3) is 0.318. The van der Waals surface area contributed by atoms with Crippen molar-refractivity contribution in [2.24, 2.45) is 0 Å². The van der Waals surface area contributed by atoms with Crippen LogP contribution in [0.2, 0.25) is 0 Å². The highest BCUT2D eigenvalue weighted by Gasteiger charge is 2.43. The average Bonchev–Trinajstić information content (AvgIpc) is 3.13. The molecule has 1 amide bonds. The number of nitrogens with zero attached hydrogens (tertiary/aromatic N) is 4. The van der Waals surface area contributed by atoms with Crippen molar-refractivity contribution in [1.29, 1.82) is 0 Å². The molecule has 2 aromatic heterocycles. The van der Waals surface area contributed by atoms with Crippen LogP contribution in [0.1, 0.15) is 49.3 Å². The highest BCUT2D eigenvalue weighted by Crippen LogP contribution is 2.30. The minimum atomic E-state index is -1.35. The number of rotatable bonds is 3. The van der Waals surface area contributed by atoms with E-state index in [4.69, 9.17) is 4.74 Å². The van der Waals surface area contributed by atoms with Gasteiger partial charge < -0.3 is 10.1 Å². The summed E-state index contributed by atoms with van der Waals surface area (Å²) in [5.41, 5.74) is 0.434. The van der Waals surface area contributed by atoms with Crippen molar-refractivity contribution < 1.29 is 14.3 Å². The summed E-state index contributed by atoms with van der Waals surface area (Å²) in [6, 6.07) is 10.6. The Kier molecular flexibility index (Phi) is 4.64. The SMILES string of the molecule is CC1(C(=O)Nc2cc(C(C)(C)C)nn2-c2ncccn2)Cc2ccccc2C(=O)O1. The van der Waals surface area contributed by atoms with E-state index in [9.17, 15) is 9.59 Å². The zero-order valence-electron chi connectivity index (χ0n) is 17.3. The van der Waals surface area contributed by atoms with Gasteiger partial charge in [0.1, 0.15) is 5.82 Å². The maximum absolute atomic E-state index is 13.2. The van der Waals surface area contributed by atoms with Crippen LogP contribution >= 0.6 is 0 Å². The maximum Gasteiger partial charge on any atom is 0.339 e. The average molecular weight is 405 g/mol. The van der Waals surface area contributed by atoms with Crippen molar-refractivity contribution in [2.75, 3.05) is 5.32 Å². The van der Waals surface area contributed by atoms with Crippen molar-refractivity contribution >= 4 is 17.7 Å². The van der Waals surface area contributed by atoms with E-state index in [0.29, 0.717) is 17.3 Å². The Bertz CT molecular complexity index is 1120. The first kappa shape index (κ1) is 19.8. The molecule has 1 aliphatic heterocycles. The summed E-state index contributed by atoms with van der Waals surface area (Å²) in [6.45, 7) is 7.69. The van der Waals surface area contributed by atoms with Crippen LogP contribution in [0.15, 0.2) is 48.8 Å². The maximum atomic E-state index is 13.2. The Morgan fingerprint density at radius 1 is 1.17 bits per heavy atom. The third-order valence-electron chi connectivity index (χ3n) is 5.02. The van der Waals surface area contributed by atoms with Gasteiger partial charge in [0, 0.05) is 30.3 Å². The van der Waals surface area contributed by atoms with E-state index in [2.05, 4.69) is 20.4 Å². The molecule has 0 radical (unpaired) electrons. The molecule has 1 N–H and O–H groups in total. The van der Waals surface area contributed by atoms with Crippen LogP contribution in [0, 0.1) is 0 Å². The summed E-state index contributed by atoms with van der Waals surface area (Å²) in [7, 11) is 0. The summed E-state index contributed by atoms with van der Waals surface area (Å²) in [4.78, 5) is 34.1. The van der Waals surface area contributed by atoms with E-state index < -0.39 is 17.5 Å². The van der Waals surface area contributed by atoms with E-state index in [1.165, 1.54) is 4.68 Å². The van der Waals surface area contributed by atoms with Crippen molar-refractivity contribution in [2.45, 2.75) is 45.1 Å². The van der Waals surface area contributed by atoms with Gasteiger partial charge in [0.2, 0.25) is 0 Å². The Labute approximate surface area is 174 Å². The molecule has 0 aliphatic carbocycles. The minimum Gasteiger partial charge on any atom is -0.445 e. The highest BCUT2D eigenvalue weighted by atomic mass is 16.6. The Hall–Kier alpha value is -3.55. The fourth-order valence-electron chi connectivity index (χ4n) is 3.30. The zero-order valence-corrected chi connectivity index (χ0v) is 17.3. The van der Waals surface area contributed by atoms with Crippen molar-refractivity contribution in [3.8, 4) is 5.95 Å². The number of aromatic nitrogens is 4. The van der Waals surface area contributed by atoms with E-state index in [-0.39, 0.29) is 11.8 Å². The van der Waals surface area contributed by atoms with Crippen LogP contribution in [-0.4, -0.2) is 37.2 Å². The Morgan fingerprint density at radius 2 is 1.87 bits per heavy atom. The van der Waals surface area contributed by atoms with Gasteiger partial charge in [-0.3, -0.25) is 4.79 Å². The van der Waals surface area contributed by atoms with Gasteiger partial charge in [-0.25, -0.2) is 14.8 Å². The lowest BCUT2D eigenvalue weighted by atomic mass is 9.89. The van der Waals surface area contributed by atoms with Gasteiger partial charge in [-0.2, -0.15) is 9.78 Å². The monoisotopic (exact) mass is 405 g/mol. The Morgan fingerprint density at radius 3 is 2.57 bits per heavy atom. The van der Waals surface area contributed by atoms with Gasteiger partial charge in [0.25, 0.3) is 11.9 Å². The molecule has 3 heterocycles. The largest absolute Gasteiger partial charge is 0.445 e. The normalized spacial score (nSPS) is 18.5. The third kappa shape index (κ3) is 3.56. The molecule has 8 nitrogen and oxygen atoms in total. The first-order valence-corrected chi connectivity index (χ1v) is 9.68. The number of esters is 1. The van der Waals surface area contributed by atoms with Crippen LogP contribution in [0.3, 0.4) is 0 Å². The molecular weight excluding hydrogens is 382 g/mol. The number of fused-ring (bicyclic) bond motifs is 1. The van der Waals surface area contributed by atoms with Crippen LogP contribution in [0.25, 0.3) is 5.95 Å². The number of benzene rings is 1. The van der Waals surface area contributed by atoms with Gasteiger partial charge in [-0.05, 0) is 24.6 Å². The second-order valence-electron chi connectivity index (χ2n) is 8.53. The first-order chi connectivity index (χ1) is 14.2. The highest BCUT2D eigenvalue weighted by molar-refractivity contribution is 6.02. The second kappa shape index (κ2) is 7.05. The summed E-state index contributed by atoms with van der Waals surface area (Å²) in [5, 5.41) is 7.46. The number of ether oxygens (including phenoxy) is 1. The van der Waals surface area contributed by atoms with Crippen LogP contribution in [0.5, 0.6) is 0 Å². The molecule has 1 atom stereocenters. The van der Waals surface area contributed by atoms with Crippen LogP contribution in [-0.2, 0) is 21.4 Å². The number of carbonyl (C=O) groups is 2. The molecule has 0 spiro atoms. The quantitative estimate of drug-likeness (QED) is 0.673. The molecule has 154 valence electrons. The third-order valence-corrected chi connectivity index (χ3v) is 5.02. The van der Waals surface area contributed by atoms with E-state index in [1.807, 2.05) is 32.9 Å². The van der Waals surface area contributed by atoms with Gasteiger partial charge in [0.05, 0.1) is 11.3 Å². The van der Waals surface area contributed by atoms with Gasteiger partial charge in [-0.15, -0.1) is 0 Å². The predicted molar refractivity (Wildman–Crippen MR) is 110 cm³/mol. The van der Waals surface area contributed by atoms with Gasteiger partial charge in [0.15, 0.2) is 5.60 Å². The lowest BCUT2D eigenvalue weighted by Crippen LogP contribution is -2.49. The molecule has 0 bridgehead atoms. The van der Waals surface area contributed by atoms with Crippen LogP contribution in [0.4, 0.5) is 5.82 Å². The number of carbonyl (C=O) groups excluding carboxylic acids is 2. The number of nitrogens with one attached hydrogen (secondary N) is 1. The summed E-state index contributed by atoms with van der Waals surface area (Å²) in [6.07, 6.45) is 3.49. The molecule has 4 rings (SSSR count). The van der Waals surface area contributed by atoms with Crippen molar-refractivity contribution in [1.82, 2.24) is 19.7 Å². The zero-order chi connectivity index (χ0) is 21.5. The van der Waals surface area contributed by atoms with Gasteiger partial charge in [-0.1, -0.05) is 39.0 Å². The lowest BCUT2D eigenvalue weighted by molar-refractivity contribution is -0.134. The molecular formula is C22H23N5O3. The molecule has 0 saturated carbocycles. The number of cyclic esters (lactones) is 1. The fourth-order valence-corrected chi connectivity index (χ4v) is 3.30.